The van der Waals surface area contributed by atoms with Crippen LogP contribution in [0.4, 0.5) is 0 Å². The number of carbonyl (C=O) groups is 2. The van der Waals surface area contributed by atoms with Crippen LogP contribution in [0.25, 0.3) is 10.8 Å². The molecule has 0 saturated heterocycles. The van der Waals surface area contributed by atoms with Gasteiger partial charge in [-0.25, -0.2) is 0 Å². The molecule has 9 heteroatoms. The van der Waals surface area contributed by atoms with Crippen molar-refractivity contribution in [2.75, 3.05) is 26.7 Å². The maximum atomic E-state index is 12.9. The van der Waals surface area contributed by atoms with Crippen molar-refractivity contribution >= 4 is 39.7 Å². The summed E-state index contributed by atoms with van der Waals surface area (Å²) < 4.78 is 31.1. The molecule has 7 nitrogen and oxygen atoms in total. The number of benzene rings is 2. The summed E-state index contributed by atoms with van der Waals surface area (Å²) in [4.78, 5) is 22.2. The van der Waals surface area contributed by atoms with E-state index < -0.39 is 39.3 Å². The Hall–Kier alpha value is -2.02. The monoisotopic (exact) mass is 386 g/mol. The van der Waals surface area contributed by atoms with Gasteiger partial charge < -0.3 is 0 Å². The van der Waals surface area contributed by atoms with Crippen LogP contribution in [0.5, 0.6) is 0 Å². The Kier molecular flexibility index (Phi) is 4.45. The maximum absolute atomic E-state index is 12.9. The van der Waals surface area contributed by atoms with Crippen LogP contribution in [0.15, 0.2) is 35.2 Å². The van der Waals surface area contributed by atoms with Crippen LogP contribution in [0, 0.1) is 0 Å². The molecule has 0 bridgehead atoms. The van der Waals surface area contributed by atoms with Crippen molar-refractivity contribution in [2.45, 2.75) is 4.90 Å². The standard InChI is InChI=1S/C16H19O7PS/c1-24(2,3,4)23-25(21,22)14-12(16(19)20)8-7-10-5-6-11(15(17)18)9-13(10)14/h5-9H,1-4H3,(H,17,18)(H,19,20). The minimum absolute atomic E-state index is 0.000194. The van der Waals surface area contributed by atoms with Gasteiger partial charge in [-0.3, -0.25) is 0 Å². The molecule has 2 rings (SSSR count). The summed E-state index contributed by atoms with van der Waals surface area (Å²) in [7, 11) is -4.44. The second kappa shape index (κ2) is 5.76. The van der Waals surface area contributed by atoms with Crippen LogP contribution in [0.2, 0.25) is 0 Å². The van der Waals surface area contributed by atoms with E-state index in [0.29, 0.717) is 5.39 Å². The fraction of sp³-hybridized carbons (Fsp3) is 0.250. The van der Waals surface area contributed by atoms with Crippen LogP contribution in [-0.2, 0) is 14.1 Å². The zero-order valence-corrected chi connectivity index (χ0v) is 15.9. The summed E-state index contributed by atoms with van der Waals surface area (Å²) in [6.07, 6.45) is 0. The van der Waals surface area contributed by atoms with Gasteiger partial charge >= 0.3 is 145 Å². The van der Waals surface area contributed by atoms with E-state index in [1.165, 1.54) is 24.3 Å². The number of rotatable bonds is 5. The first kappa shape index (κ1) is 19.3. The normalized spacial score (nSPS) is 14.0. The van der Waals surface area contributed by atoms with E-state index in [4.69, 9.17) is 9.08 Å². The molecule has 25 heavy (non-hydrogen) atoms. The molecular weight excluding hydrogens is 367 g/mol. The molecule has 0 aliphatic rings. The molecular formula is C16H19O7PS. The van der Waals surface area contributed by atoms with E-state index >= 15 is 0 Å². The molecule has 2 N–H and O–H groups in total. The third-order valence-corrected chi connectivity index (χ3v) is 7.21. The molecule has 0 radical (unpaired) electrons. The van der Waals surface area contributed by atoms with Crippen molar-refractivity contribution < 1.29 is 32.2 Å². The second-order valence-corrected chi connectivity index (χ2v) is 16.2. The molecule has 0 amide bonds. The number of aromatic carboxylic acids is 2. The molecule has 0 atom stereocenters. The summed E-state index contributed by atoms with van der Waals surface area (Å²) in [5.74, 6) is -2.69. The number of hydrogen-bond donors (Lipinski definition) is 2. The van der Waals surface area contributed by atoms with Crippen molar-refractivity contribution in [2.24, 2.45) is 0 Å². The summed E-state index contributed by atoms with van der Waals surface area (Å²) in [6, 6.07) is 6.50. The van der Waals surface area contributed by atoms with Gasteiger partial charge in [0.25, 0.3) is 0 Å². The summed E-state index contributed by atoms with van der Waals surface area (Å²) in [5.41, 5.74) is -0.611. The number of carboxylic acids is 2. The van der Waals surface area contributed by atoms with Crippen LogP contribution >= 0.6 is 6.83 Å². The summed E-state index contributed by atoms with van der Waals surface area (Å²) >= 11 is 0. The third-order valence-electron chi connectivity index (χ3n) is 3.10. The fourth-order valence-corrected chi connectivity index (χ4v) is 6.60. The predicted octanol–water partition coefficient (Wildman–Crippen LogP) is 2.93. The first-order valence-electron chi connectivity index (χ1n) is 7.18. The van der Waals surface area contributed by atoms with Gasteiger partial charge in [-0.05, 0) is 0 Å². The average Bonchev–Trinajstić information content (AvgIpc) is 2.41. The van der Waals surface area contributed by atoms with Gasteiger partial charge in [0.05, 0.1) is 0 Å². The Bertz CT molecular complexity index is 986. The molecule has 0 fully saturated rings. The van der Waals surface area contributed by atoms with Crippen LogP contribution in [0.3, 0.4) is 0 Å². The third kappa shape index (κ3) is 4.34. The molecule has 0 spiro atoms. The van der Waals surface area contributed by atoms with Crippen LogP contribution in [-0.4, -0.2) is 57.2 Å². The van der Waals surface area contributed by atoms with E-state index in [1.54, 1.807) is 26.7 Å². The molecule has 0 aliphatic carbocycles. The van der Waals surface area contributed by atoms with Crippen molar-refractivity contribution in [3.05, 3.63) is 41.5 Å². The Labute approximate surface area is 145 Å². The summed E-state index contributed by atoms with van der Waals surface area (Å²) in [6.45, 7) is 3.63. The quantitative estimate of drug-likeness (QED) is 0.759. The minimum atomic E-state index is -4.44. The van der Waals surface area contributed by atoms with Gasteiger partial charge in [0.2, 0.25) is 0 Å². The zero-order chi connectivity index (χ0) is 19.2. The predicted molar refractivity (Wildman–Crippen MR) is 96.8 cm³/mol. The molecule has 2 aromatic carbocycles. The average molecular weight is 386 g/mol. The van der Waals surface area contributed by atoms with Crippen molar-refractivity contribution in [1.29, 1.82) is 0 Å². The summed E-state index contributed by atoms with van der Waals surface area (Å²) in [5, 5.41) is 19.0. The van der Waals surface area contributed by atoms with Crippen LogP contribution in [0.1, 0.15) is 20.7 Å². The Morgan fingerprint density at radius 3 is 2.00 bits per heavy atom. The van der Waals surface area contributed by atoms with Gasteiger partial charge in [-0.15, -0.1) is 0 Å². The molecule has 2 aromatic rings. The second-order valence-electron chi connectivity index (χ2n) is 7.43. The molecule has 0 heterocycles. The first-order chi connectivity index (χ1) is 11.2. The SMILES string of the molecule is CP(C)(C)(C)OS(=O)(=O)c1c(C(=O)O)ccc2ccc(C(=O)O)cc12. The van der Waals surface area contributed by atoms with E-state index in [1.807, 2.05) is 0 Å². The van der Waals surface area contributed by atoms with E-state index in [0.717, 1.165) is 6.07 Å². The van der Waals surface area contributed by atoms with Gasteiger partial charge in [-0.1, -0.05) is 0 Å². The number of fused-ring (bicyclic) bond motifs is 1. The topological polar surface area (TPSA) is 118 Å². The van der Waals surface area contributed by atoms with Gasteiger partial charge in [0.1, 0.15) is 0 Å². The van der Waals surface area contributed by atoms with Crippen molar-refractivity contribution in [3.63, 3.8) is 0 Å². The van der Waals surface area contributed by atoms with Gasteiger partial charge in [0, 0.05) is 0 Å². The van der Waals surface area contributed by atoms with Gasteiger partial charge in [0.15, 0.2) is 0 Å². The number of hydrogen-bond acceptors (Lipinski definition) is 5. The molecule has 0 aromatic heterocycles. The molecule has 0 unspecified atom stereocenters. The van der Waals surface area contributed by atoms with Crippen molar-refractivity contribution in [1.82, 2.24) is 0 Å². The first-order valence-corrected chi connectivity index (χ1v) is 12.5. The molecule has 0 saturated carbocycles. The van der Waals surface area contributed by atoms with E-state index in [-0.39, 0.29) is 10.9 Å². The molecule has 136 valence electrons. The zero-order valence-electron chi connectivity index (χ0n) is 14.2. The van der Waals surface area contributed by atoms with E-state index in [9.17, 15) is 23.1 Å². The number of carboxylic acid groups (broad SMARTS) is 2. The Morgan fingerprint density at radius 2 is 1.52 bits per heavy atom. The Morgan fingerprint density at radius 1 is 0.960 bits per heavy atom. The van der Waals surface area contributed by atoms with Crippen LogP contribution < -0.4 is 0 Å². The van der Waals surface area contributed by atoms with E-state index in [2.05, 4.69) is 0 Å². The fourth-order valence-electron chi connectivity index (χ4n) is 2.29. The molecule has 0 aliphatic heterocycles. The van der Waals surface area contributed by atoms with Gasteiger partial charge in [-0.2, -0.15) is 0 Å². The Balaban J connectivity index is 2.92. The van der Waals surface area contributed by atoms with Crippen molar-refractivity contribution in [3.8, 4) is 0 Å².